The molecule has 0 aliphatic rings. The highest BCUT2D eigenvalue weighted by atomic mass is 16.3. The molecule has 0 saturated carbocycles. The van der Waals surface area contributed by atoms with E-state index in [-0.39, 0.29) is 23.0 Å². The lowest BCUT2D eigenvalue weighted by Crippen LogP contribution is -2.04. The van der Waals surface area contributed by atoms with Crippen molar-refractivity contribution in [2.45, 2.75) is 0 Å². The molecule has 0 radical (unpaired) electrons. The van der Waals surface area contributed by atoms with Gasteiger partial charge in [0.25, 0.3) is 0 Å². The Labute approximate surface area is 137 Å². The maximum Gasteiger partial charge on any atom is 0.204 e. The van der Waals surface area contributed by atoms with Crippen molar-refractivity contribution < 1.29 is 18.4 Å². The molecule has 3 heterocycles. The van der Waals surface area contributed by atoms with E-state index < -0.39 is 0 Å². The molecule has 5 nitrogen and oxygen atoms in total. The van der Waals surface area contributed by atoms with Crippen LogP contribution in [0.15, 0.2) is 76.0 Å². The summed E-state index contributed by atoms with van der Waals surface area (Å²) in [4.78, 5) is 28.4. The topological polar surface area (TPSA) is 73.3 Å². The average Bonchev–Trinajstić information content (AvgIpc) is 3.31. The van der Waals surface area contributed by atoms with Crippen molar-refractivity contribution in [2.24, 2.45) is 0 Å². The van der Waals surface area contributed by atoms with Crippen LogP contribution < -0.4 is 0 Å². The molecule has 3 aromatic heterocycles. The fraction of sp³-hybridized carbons (Fsp3) is 0. The number of allylic oxidation sites excluding steroid dienone is 2. The molecule has 0 fully saturated rings. The first kappa shape index (κ1) is 15.4. The number of hydrogen-bond acceptors (Lipinski definition) is 5. The molecule has 0 N–H and O–H groups in total. The lowest BCUT2D eigenvalue weighted by molar-refractivity contribution is 0.104. The smallest absolute Gasteiger partial charge is 0.204 e. The molecular formula is C19H13NO4. The van der Waals surface area contributed by atoms with E-state index in [9.17, 15) is 9.59 Å². The van der Waals surface area contributed by atoms with Crippen LogP contribution >= 0.6 is 0 Å². The predicted octanol–water partition coefficient (Wildman–Crippen LogP) is 4.06. The highest BCUT2D eigenvalue weighted by Gasteiger charge is 2.09. The van der Waals surface area contributed by atoms with E-state index in [1.54, 1.807) is 54.6 Å². The van der Waals surface area contributed by atoms with E-state index in [0.717, 1.165) is 0 Å². The maximum absolute atomic E-state index is 12.1. The summed E-state index contributed by atoms with van der Waals surface area (Å²) in [6, 6.07) is 11.7. The van der Waals surface area contributed by atoms with Gasteiger partial charge >= 0.3 is 0 Å². The Morgan fingerprint density at radius 1 is 0.750 bits per heavy atom. The highest BCUT2D eigenvalue weighted by molar-refractivity contribution is 6.08. The Hall–Kier alpha value is -3.47. The number of pyridine rings is 1. The van der Waals surface area contributed by atoms with Gasteiger partial charge in [0.05, 0.1) is 12.5 Å². The van der Waals surface area contributed by atoms with Gasteiger partial charge in [-0.2, -0.15) is 0 Å². The molecule has 3 aromatic rings. The molecule has 24 heavy (non-hydrogen) atoms. The monoisotopic (exact) mass is 319 g/mol. The third-order valence-corrected chi connectivity index (χ3v) is 3.14. The van der Waals surface area contributed by atoms with Gasteiger partial charge in [0.2, 0.25) is 11.6 Å². The standard InChI is InChI=1S/C19H13NO4/c21-18(10-8-14-4-2-12-23-14)16-6-1-7-17(20-16)19(22)11-9-15-5-3-13-24-15/h1-13H. The van der Waals surface area contributed by atoms with Crippen molar-refractivity contribution in [1.29, 1.82) is 0 Å². The molecule has 5 heteroatoms. The third-order valence-electron chi connectivity index (χ3n) is 3.14. The van der Waals surface area contributed by atoms with Gasteiger partial charge in [-0.05, 0) is 60.7 Å². The van der Waals surface area contributed by atoms with Crippen molar-refractivity contribution in [3.8, 4) is 0 Å². The van der Waals surface area contributed by atoms with E-state index in [4.69, 9.17) is 8.83 Å². The molecule has 0 aliphatic heterocycles. The minimum absolute atomic E-state index is 0.190. The van der Waals surface area contributed by atoms with Crippen LogP contribution in [-0.4, -0.2) is 16.6 Å². The van der Waals surface area contributed by atoms with Crippen molar-refractivity contribution in [1.82, 2.24) is 4.98 Å². The van der Waals surface area contributed by atoms with Crippen molar-refractivity contribution in [3.63, 3.8) is 0 Å². The zero-order chi connectivity index (χ0) is 16.8. The summed E-state index contributed by atoms with van der Waals surface area (Å²) in [7, 11) is 0. The number of aromatic nitrogens is 1. The minimum Gasteiger partial charge on any atom is -0.465 e. The summed E-state index contributed by atoms with van der Waals surface area (Å²) >= 11 is 0. The van der Waals surface area contributed by atoms with Gasteiger partial charge in [0.15, 0.2) is 0 Å². The van der Waals surface area contributed by atoms with Gasteiger partial charge in [-0.25, -0.2) is 4.98 Å². The number of furan rings is 2. The molecule has 0 aliphatic carbocycles. The Bertz CT molecular complexity index is 816. The molecule has 0 atom stereocenters. The normalized spacial score (nSPS) is 11.3. The Balaban J connectivity index is 1.73. The molecular weight excluding hydrogens is 306 g/mol. The lowest BCUT2D eigenvalue weighted by atomic mass is 10.1. The van der Waals surface area contributed by atoms with Gasteiger partial charge in [0, 0.05) is 0 Å². The van der Waals surface area contributed by atoms with Crippen LogP contribution in [0.25, 0.3) is 12.2 Å². The fourth-order valence-corrected chi connectivity index (χ4v) is 1.97. The summed E-state index contributed by atoms with van der Waals surface area (Å²) in [6.45, 7) is 0. The van der Waals surface area contributed by atoms with E-state index >= 15 is 0 Å². The molecule has 0 amide bonds. The maximum atomic E-state index is 12.1. The Morgan fingerprint density at radius 2 is 1.25 bits per heavy atom. The van der Waals surface area contributed by atoms with Crippen LogP contribution in [0.1, 0.15) is 32.5 Å². The Morgan fingerprint density at radius 3 is 1.67 bits per heavy atom. The van der Waals surface area contributed by atoms with Crippen LogP contribution in [0.4, 0.5) is 0 Å². The van der Waals surface area contributed by atoms with E-state index in [2.05, 4.69) is 4.98 Å². The van der Waals surface area contributed by atoms with Crippen molar-refractivity contribution in [2.75, 3.05) is 0 Å². The number of nitrogens with zero attached hydrogens (tertiary/aromatic N) is 1. The first-order valence-electron chi connectivity index (χ1n) is 7.21. The molecule has 0 spiro atoms. The molecule has 118 valence electrons. The molecule has 0 bridgehead atoms. The highest BCUT2D eigenvalue weighted by Crippen LogP contribution is 2.08. The van der Waals surface area contributed by atoms with Crippen LogP contribution in [0.5, 0.6) is 0 Å². The van der Waals surface area contributed by atoms with Crippen LogP contribution in [-0.2, 0) is 0 Å². The average molecular weight is 319 g/mol. The van der Waals surface area contributed by atoms with Crippen LogP contribution in [0.2, 0.25) is 0 Å². The summed E-state index contributed by atoms with van der Waals surface area (Å²) in [5, 5.41) is 0. The number of carbonyl (C=O) groups excluding carboxylic acids is 2. The molecule has 3 rings (SSSR count). The van der Waals surface area contributed by atoms with Gasteiger partial charge < -0.3 is 8.83 Å². The first-order chi connectivity index (χ1) is 11.7. The number of ketones is 2. The second-order valence-electron chi connectivity index (χ2n) is 4.83. The third kappa shape index (κ3) is 3.84. The summed E-state index contributed by atoms with van der Waals surface area (Å²) in [6.07, 6.45) is 8.85. The molecule has 0 saturated heterocycles. The fourth-order valence-electron chi connectivity index (χ4n) is 1.97. The predicted molar refractivity (Wildman–Crippen MR) is 88.4 cm³/mol. The number of carbonyl (C=O) groups is 2. The quantitative estimate of drug-likeness (QED) is 0.506. The SMILES string of the molecule is O=C(C=Cc1ccco1)c1cccc(C(=O)C=Cc2ccco2)n1. The van der Waals surface area contributed by atoms with Crippen molar-refractivity contribution >= 4 is 23.7 Å². The zero-order valence-electron chi connectivity index (χ0n) is 12.6. The van der Waals surface area contributed by atoms with E-state index in [1.165, 1.54) is 24.7 Å². The zero-order valence-corrected chi connectivity index (χ0v) is 12.6. The largest absolute Gasteiger partial charge is 0.465 e. The second kappa shape index (κ2) is 7.19. The van der Waals surface area contributed by atoms with E-state index in [1.807, 2.05) is 0 Å². The van der Waals surface area contributed by atoms with Crippen LogP contribution in [0.3, 0.4) is 0 Å². The summed E-state index contributed by atoms with van der Waals surface area (Å²) in [5.74, 6) is 0.515. The lowest BCUT2D eigenvalue weighted by Gasteiger charge is -1.98. The van der Waals surface area contributed by atoms with Crippen molar-refractivity contribution in [3.05, 3.63) is 90.1 Å². The van der Waals surface area contributed by atoms with Gasteiger partial charge in [-0.1, -0.05) is 6.07 Å². The number of hydrogen-bond donors (Lipinski definition) is 0. The molecule has 0 aromatic carbocycles. The minimum atomic E-state index is -0.309. The first-order valence-corrected chi connectivity index (χ1v) is 7.21. The van der Waals surface area contributed by atoms with Gasteiger partial charge in [-0.3, -0.25) is 9.59 Å². The Kier molecular flexibility index (Phi) is 4.62. The molecule has 0 unspecified atom stereocenters. The summed E-state index contributed by atoms with van der Waals surface area (Å²) < 4.78 is 10.2. The van der Waals surface area contributed by atoms with Gasteiger partial charge in [-0.15, -0.1) is 0 Å². The second-order valence-corrected chi connectivity index (χ2v) is 4.83. The van der Waals surface area contributed by atoms with Gasteiger partial charge in [0.1, 0.15) is 22.9 Å². The van der Waals surface area contributed by atoms with E-state index in [0.29, 0.717) is 11.5 Å². The summed E-state index contributed by atoms with van der Waals surface area (Å²) in [5.41, 5.74) is 0.380. The number of rotatable bonds is 6. The van der Waals surface area contributed by atoms with Crippen LogP contribution in [0, 0.1) is 0 Å².